The fourth-order valence-corrected chi connectivity index (χ4v) is 1.97. The highest BCUT2D eigenvalue weighted by atomic mass is 19.2. The van der Waals surface area contributed by atoms with Crippen molar-refractivity contribution in [3.05, 3.63) is 29.3 Å². The van der Waals surface area contributed by atoms with Crippen LogP contribution in [0.5, 0.6) is 5.75 Å². The van der Waals surface area contributed by atoms with Gasteiger partial charge in [0.2, 0.25) is 5.82 Å². The van der Waals surface area contributed by atoms with Gasteiger partial charge < -0.3 is 9.47 Å². The number of carbonyl (C=O) groups excluding carboxylic acids is 1. The standard InChI is InChI=1S/C16H21F3O3/c1-3-4-5-6-7-11(17)10-22-13-9-8-12(16(20)21-2)14(18)15(13)19/h8-9,11H,3-7,10H2,1-2H3. The summed E-state index contributed by atoms with van der Waals surface area (Å²) in [6, 6.07) is 2.14. The van der Waals surface area contributed by atoms with E-state index in [0.717, 1.165) is 44.9 Å². The monoisotopic (exact) mass is 318 g/mol. The first-order valence-corrected chi connectivity index (χ1v) is 7.34. The molecule has 0 aliphatic carbocycles. The summed E-state index contributed by atoms with van der Waals surface area (Å²) < 4.78 is 50.3. The number of hydrogen-bond donors (Lipinski definition) is 0. The van der Waals surface area contributed by atoms with Gasteiger partial charge in [-0.2, -0.15) is 4.39 Å². The van der Waals surface area contributed by atoms with Gasteiger partial charge in [-0.1, -0.05) is 32.6 Å². The Labute approximate surface area is 128 Å². The van der Waals surface area contributed by atoms with Crippen LogP contribution in [0.1, 0.15) is 49.4 Å². The Morgan fingerprint density at radius 1 is 1.18 bits per heavy atom. The van der Waals surface area contributed by atoms with Gasteiger partial charge >= 0.3 is 5.97 Å². The number of alkyl halides is 1. The van der Waals surface area contributed by atoms with Crippen molar-refractivity contribution < 1.29 is 27.4 Å². The summed E-state index contributed by atoms with van der Waals surface area (Å²) in [6.07, 6.45) is 2.86. The van der Waals surface area contributed by atoms with Gasteiger partial charge in [0.1, 0.15) is 12.8 Å². The first-order chi connectivity index (χ1) is 10.5. The molecule has 1 atom stereocenters. The van der Waals surface area contributed by atoms with Gasteiger partial charge in [0.25, 0.3) is 0 Å². The second-order valence-corrected chi connectivity index (χ2v) is 4.99. The van der Waals surface area contributed by atoms with E-state index in [1.165, 1.54) is 0 Å². The highest BCUT2D eigenvalue weighted by Crippen LogP contribution is 2.24. The first kappa shape index (κ1) is 18.3. The molecule has 22 heavy (non-hydrogen) atoms. The van der Waals surface area contributed by atoms with Gasteiger partial charge in [0, 0.05) is 0 Å². The minimum Gasteiger partial charge on any atom is -0.487 e. The van der Waals surface area contributed by atoms with Gasteiger partial charge in [-0.25, -0.2) is 13.6 Å². The molecular weight excluding hydrogens is 297 g/mol. The van der Waals surface area contributed by atoms with E-state index >= 15 is 0 Å². The fourth-order valence-electron chi connectivity index (χ4n) is 1.97. The lowest BCUT2D eigenvalue weighted by atomic mass is 10.1. The number of ether oxygens (including phenoxy) is 2. The predicted octanol–water partition coefficient (Wildman–Crippen LogP) is 4.44. The maximum atomic E-state index is 13.7. The smallest absolute Gasteiger partial charge is 0.340 e. The molecule has 0 aliphatic heterocycles. The van der Waals surface area contributed by atoms with Crippen LogP contribution in [0.2, 0.25) is 0 Å². The van der Waals surface area contributed by atoms with Crippen LogP contribution in [-0.4, -0.2) is 25.9 Å². The summed E-state index contributed by atoms with van der Waals surface area (Å²) in [6.45, 7) is 1.71. The summed E-state index contributed by atoms with van der Waals surface area (Å²) in [7, 11) is 1.07. The number of rotatable bonds is 9. The maximum absolute atomic E-state index is 13.7. The average molecular weight is 318 g/mol. The van der Waals surface area contributed by atoms with Gasteiger partial charge in [0.05, 0.1) is 12.7 Å². The van der Waals surface area contributed by atoms with Crippen LogP contribution in [-0.2, 0) is 4.74 Å². The quantitative estimate of drug-likeness (QED) is 0.499. The topological polar surface area (TPSA) is 35.5 Å². The van der Waals surface area contributed by atoms with Crippen molar-refractivity contribution in [1.82, 2.24) is 0 Å². The Balaban J connectivity index is 2.56. The summed E-state index contributed by atoms with van der Waals surface area (Å²) in [5, 5.41) is 0. The number of esters is 1. The van der Waals surface area contributed by atoms with Gasteiger partial charge in [-0.05, 0) is 18.6 Å². The van der Waals surface area contributed by atoms with Crippen molar-refractivity contribution >= 4 is 5.97 Å². The van der Waals surface area contributed by atoms with E-state index in [4.69, 9.17) is 4.74 Å². The van der Waals surface area contributed by atoms with Gasteiger partial charge in [0.15, 0.2) is 11.6 Å². The molecule has 0 N–H and O–H groups in total. The Hall–Kier alpha value is -1.72. The molecule has 1 aromatic rings. The molecule has 6 heteroatoms. The number of carbonyl (C=O) groups is 1. The Morgan fingerprint density at radius 3 is 2.55 bits per heavy atom. The molecule has 1 rings (SSSR count). The van der Waals surface area contributed by atoms with E-state index in [0.29, 0.717) is 6.42 Å². The van der Waals surface area contributed by atoms with Crippen LogP contribution in [0.4, 0.5) is 13.2 Å². The van der Waals surface area contributed by atoms with Crippen LogP contribution >= 0.6 is 0 Å². The molecule has 0 radical (unpaired) electrons. The molecule has 0 saturated heterocycles. The van der Waals surface area contributed by atoms with Crippen molar-refractivity contribution in [3.8, 4) is 5.75 Å². The zero-order valence-corrected chi connectivity index (χ0v) is 12.8. The lowest BCUT2D eigenvalue weighted by Crippen LogP contribution is -2.14. The maximum Gasteiger partial charge on any atom is 0.340 e. The highest BCUT2D eigenvalue weighted by Gasteiger charge is 2.20. The second kappa shape index (κ2) is 9.33. The van der Waals surface area contributed by atoms with Crippen molar-refractivity contribution in [3.63, 3.8) is 0 Å². The minimum absolute atomic E-state index is 0.324. The fraction of sp³-hybridized carbons (Fsp3) is 0.562. The SMILES string of the molecule is CCCCCCC(F)COc1ccc(C(=O)OC)c(F)c1F. The van der Waals surface area contributed by atoms with Gasteiger partial charge in [-0.3, -0.25) is 0 Å². The highest BCUT2D eigenvalue weighted by molar-refractivity contribution is 5.89. The van der Waals surface area contributed by atoms with Crippen molar-refractivity contribution in [2.75, 3.05) is 13.7 Å². The summed E-state index contributed by atoms with van der Waals surface area (Å²) in [4.78, 5) is 11.2. The van der Waals surface area contributed by atoms with E-state index < -0.39 is 35.1 Å². The number of halogens is 3. The summed E-state index contributed by atoms with van der Waals surface area (Å²) >= 11 is 0. The lowest BCUT2D eigenvalue weighted by molar-refractivity contribution is 0.0594. The molecule has 0 saturated carbocycles. The third kappa shape index (κ3) is 5.24. The molecule has 124 valence electrons. The molecule has 0 spiro atoms. The molecule has 1 aromatic carbocycles. The number of methoxy groups -OCH3 is 1. The first-order valence-electron chi connectivity index (χ1n) is 7.34. The molecule has 0 heterocycles. The van der Waals surface area contributed by atoms with E-state index in [2.05, 4.69) is 11.7 Å². The number of benzene rings is 1. The van der Waals surface area contributed by atoms with E-state index in [9.17, 15) is 18.0 Å². The second-order valence-electron chi connectivity index (χ2n) is 4.99. The molecule has 3 nitrogen and oxygen atoms in total. The van der Waals surface area contributed by atoms with E-state index in [-0.39, 0.29) is 6.61 Å². The minimum atomic E-state index is -1.36. The summed E-state index contributed by atoms with van der Waals surface area (Å²) in [5.74, 6) is -4.08. The molecule has 1 unspecified atom stereocenters. The molecule has 0 amide bonds. The largest absolute Gasteiger partial charge is 0.487 e. The van der Waals surface area contributed by atoms with Crippen LogP contribution in [0, 0.1) is 11.6 Å². The molecule has 0 fully saturated rings. The van der Waals surface area contributed by atoms with Crippen LogP contribution in [0.15, 0.2) is 12.1 Å². The van der Waals surface area contributed by atoms with Crippen molar-refractivity contribution in [1.29, 1.82) is 0 Å². The van der Waals surface area contributed by atoms with Crippen LogP contribution in [0.3, 0.4) is 0 Å². The third-order valence-electron chi connectivity index (χ3n) is 3.24. The summed E-state index contributed by atoms with van der Waals surface area (Å²) in [5.41, 5.74) is -0.524. The normalized spacial score (nSPS) is 12.0. The Kier molecular flexibility index (Phi) is 7.77. The molecule has 0 aliphatic rings. The third-order valence-corrected chi connectivity index (χ3v) is 3.24. The van der Waals surface area contributed by atoms with Crippen molar-refractivity contribution in [2.24, 2.45) is 0 Å². The average Bonchev–Trinajstić information content (AvgIpc) is 2.52. The lowest BCUT2D eigenvalue weighted by Gasteiger charge is -2.12. The number of hydrogen-bond acceptors (Lipinski definition) is 3. The molecular formula is C16H21F3O3. The predicted molar refractivity (Wildman–Crippen MR) is 76.8 cm³/mol. The molecule has 0 bridgehead atoms. The van der Waals surface area contributed by atoms with Crippen molar-refractivity contribution in [2.45, 2.75) is 45.2 Å². The zero-order valence-electron chi connectivity index (χ0n) is 12.8. The van der Waals surface area contributed by atoms with Crippen LogP contribution in [0.25, 0.3) is 0 Å². The Bertz CT molecular complexity index is 492. The molecule has 0 aromatic heterocycles. The van der Waals surface area contributed by atoms with E-state index in [1.807, 2.05) is 0 Å². The van der Waals surface area contributed by atoms with Gasteiger partial charge in [-0.15, -0.1) is 0 Å². The number of unbranched alkanes of at least 4 members (excludes halogenated alkanes) is 3. The zero-order chi connectivity index (χ0) is 16.5. The Morgan fingerprint density at radius 2 is 1.91 bits per heavy atom. The van der Waals surface area contributed by atoms with Crippen LogP contribution < -0.4 is 4.74 Å². The van der Waals surface area contributed by atoms with E-state index in [1.54, 1.807) is 0 Å².